The number of hydrogen-bond acceptors (Lipinski definition) is 6. The zero-order valence-corrected chi connectivity index (χ0v) is 19.3. The van der Waals surface area contributed by atoms with Crippen molar-refractivity contribution in [2.24, 2.45) is 0 Å². The highest BCUT2D eigenvalue weighted by atomic mass is 16.7. The van der Waals surface area contributed by atoms with E-state index in [1.165, 1.54) is 44.9 Å². The van der Waals surface area contributed by atoms with E-state index in [4.69, 9.17) is 14.9 Å². The highest BCUT2D eigenvalue weighted by Gasteiger charge is 2.39. The number of ether oxygens (including phenoxy) is 2. The summed E-state index contributed by atoms with van der Waals surface area (Å²) in [6, 6.07) is 0. The van der Waals surface area contributed by atoms with Crippen molar-refractivity contribution in [3.05, 3.63) is 0 Å². The Bertz CT molecular complexity index is 463. The van der Waals surface area contributed by atoms with Gasteiger partial charge < -0.3 is 19.7 Å². The predicted octanol–water partition coefficient (Wildman–Crippen LogP) is 3.61. The quantitative estimate of drug-likeness (QED) is 0.143. The van der Waals surface area contributed by atoms with Crippen LogP contribution < -0.4 is 0 Å². The van der Waals surface area contributed by atoms with E-state index in [0.29, 0.717) is 12.8 Å². The molecule has 0 heterocycles. The normalized spacial score (nSPS) is 12.5. The second kappa shape index (κ2) is 20.4. The minimum atomic E-state index is -4.15. The van der Waals surface area contributed by atoms with Crippen LogP contribution in [0.15, 0.2) is 0 Å². The Morgan fingerprint density at radius 3 is 1.47 bits per heavy atom. The van der Waals surface area contributed by atoms with Gasteiger partial charge in [0.05, 0.1) is 13.2 Å². The van der Waals surface area contributed by atoms with Crippen molar-refractivity contribution >= 4 is 11.9 Å². The molecule has 0 aliphatic carbocycles. The second-order valence-corrected chi connectivity index (χ2v) is 8.26. The number of unbranched alkanes of at least 4 members (excludes halogenated alkanes) is 14. The van der Waals surface area contributed by atoms with Crippen LogP contribution in [0.2, 0.25) is 0 Å². The molecule has 1 atom stereocenters. The maximum absolute atomic E-state index is 11.4. The Balaban J connectivity index is 3.21. The third-order valence-corrected chi connectivity index (χ3v) is 5.16. The number of esters is 2. The summed E-state index contributed by atoms with van der Waals surface area (Å²) in [4.78, 5) is 22.1. The van der Waals surface area contributed by atoms with Gasteiger partial charge in [-0.1, -0.05) is 83.5 Å². The summed E-state index contributed by atoms with van der Waals surface area (Å²) in [7, 11) is 0. The largest absolute Gasteiger partial charge is 0.466 e. The van der Waals surface area contributed by atoms with Crippen LogP contribution in [0.5, 0.6) is 0 Å². The first-order valence-electron chi connectivity index (χ1n) is 12.0. The van der Waals surface area contributed by atoms with Crippen molar-refractivity contribution in [2.45, 2.75) is 115 Å². The SMILES string of the molecule is [O]C([O])([O])C(=O)OCCCCCCCCCCCCCCCCCC(=O)OCC(O)CO. The molecule has 0 saturated carbocycles. The first-order chi connectivity index (χ1) is 15.3. The van der Waals surface area contributed by atoms with Crippen LogP contribution >= 0.6 is 0 Å². The van der Waals surface area contributed by atoms with E-state index in [0.717, 1.165) is 44.9 Å². The average Bonchev–Trinajstić information content (AvgIpc) is 2.75. The molecule has 0 aromatic carbocycles. The lowest BCUT2D eigenvalue weighted by molar-refractivity contribution is -0.383. The van der Waals surface area contributed by atoms with Gasteiger partial charge in [-0.2, -0.15) is 0 Å². The predicted molar refractivity (Wildman–Crippen MR) is 114 cm³/mol. The Kier molecular flexibility index (Phi) is 19.6. The van der Waals surface area contributed by atoms with E-state index in [-0.39, 0.29) is 19.2 Å². The zero-order valence-electron chi connectivity index (χ0n) is 19.3. The van der Waals surface area contributed by atoms with Gasteiger partial charge in [0.25, 0.3) is 0 Å². The molecule has 0 spiro atoms. The van der Waals surface area contributed by atoms with E-state index >= 15 is 0 Å². The molecule has 0 amide bonds. The number of rotatable bonds is 22. The molecule has 9 heteroatoms. The summed E-state index contributed by atoms with van der Waals surface area (Å²) in [5, 5.41) is 48.5. The molecule has 3 radical (unpaired) electrons. The minimum absolute atomic E-state index is 0.0454. The first kappa shape index (κ1) is 30.7. The number of carbonyl (C=O) groups is 2. The standard InChI is InChI=1S/C23H41O9/c24-18-20(25)19-32-21(26)16-14-12-10-8-6-4-2-1-3-5-7-9-11-13-15-17-31-22(27)23(28,29)30/h20,24-25H,1-19H2. The fourth-order valence-corrected chi connectivity index (χ4v) is 3.24. The molecule has 0 aromatic rings. The Labute approximate surface area is 191 Å². The molecule has 0 aromatic heterocycles. The van der Waals surface area contributed by atoms with Crippen LogP contribution in [-0.4, -0.2) is 54.0 Å². The molecule has 187 valence electrons. The van der Waals surface area contributed by atoms with Gasteiger partial charge in [-0.05, 0) is 12.8 Å². The molecule has 1 unspecified atom stereocenters. The molecular formula is C23H41O9. The lowest BCUT2D eigenvalue weighted by Gasteiger charge is -2.08. The fraction of sp³-hybridized carbons (Fsp3) is 0.913. The number of aliphatic hydroxyl groups excluding tert-OH is 2. The van der Waals surface area contributed by atoms with Crippen LogP contribution in [0.25, 0.3) is 0 Å². The lowest BCUT2D eigenvalue weighted by atomic mass is 10.0. The summed E-state index contributed by atoms with van der Waals surface area (Å²) in [5.74, 6) is -6.24. The Hall–Kier alpha value is -1.26. The molecule has 0 bridgehead atoms. The molecule has 9 nitrogen and oxygen atoms in total. The van der Waals surface area contributed by atoms with Crippen LogP contribution in [0.1, 0.15) is 103 Å². The van der Waals surface area contributed by atoms with E-state index in [1.54, 1.807) is 0 Å². The molecular weight excluding hydrogens is 420 g/mol. The number of hydrogen-bond donors (Lipinski definition) is 2. The van der Waals surface area contributed by atoms with Gasteiger partial charge in [-0.15, -0.1) is 15.3 Å². The van der Waals surface area contributed by atoms with Crippen molar-refractivity contribution in [2.75, 3.05) is 19.8 Å². The van der Waals surface area contributed by atoms with Gasteiger partial charge in [-0.25, -0.2) is 4.79 Å². The zero-order chi connectivity index (χ0) is 24.1. The van der Waals surface area contributed by atoms with Crippen molar-refractivity contribution in [3.8, 4) is 0 Å². The number of aliphatic hydroxyl groups is 2. The van der Waals surface area contributed by atoms with Gasteiger partial charge in [-0.3, -0.25) is 4.79 Å². The molecule has 0 aliphatic rings. The summed E-state index contributed by atoms with van der Waals surface area (Å²) in [6.45, 7) is -0.595. The van der Waals surface area contributed by atoms with Crippen LogP contribution in [-0.2, 0) is 34.4 Å². The molecule has 0 rings (SSSR count). The highest BCUT2D eigenvalue weighted by molar-refractivity contribution is 5.74. The maximum atomic E-state index is 11.4. The smallest absolute Gasteiger partial charge is 0.463 e. The molecule has 0 fully saturated rings. The van der Waals surface area contributed by atoms with Crippen LogP contribution in [0.3, 0.4) is 0 Å². The second-order valence-electron chi connectivity index (χ2n) is 8.26. The summed E-state index contributed by atoms with van der Waals surface area (Å²) >= 11 is 0. The summed E-state index contributed by atoms with van der Waals surface area (Å²) in [5.41, 5.74) is 0. The highest BCUT2D eigenvalue weighted by Crippen LogP contribution is 2.14. The average molecular weight is 462 g/mol. The lowest BCUT2D eigenvalue weighted by Crippen LogP contribution is -2.35. The van der Waals surface area contributed by atoms with Crippen molar-refractivity contribution in [1.82, 2.24) is 0 Å². The maximum Gasteiger partial charge on any atom is 0.466 e. The summed E-state index contributed by atoms with van der Waals surface area (Å²) in [6.07, 6.45) is 15.4. The summed E-state index contributed by atoms with van der Waals surface area (Å²) < 4.78 is 9.19. The van der Waals surface area contributed by atoms with Gasteiger partial charge >= 0.3 is 17.9 Å². The van der Waals surface area contributed by atoms with Gasteiger partial charge in [0.15, 0.2) is 0 Å². The molecule has 0 saturated heterocycles. The molecule has 2 N–H and O–H groups in total. The third-order valence-electron chi connectivity index (χ3n) is 5.16. The number of carbonyl (C=O) groups excluding carboxylic acids is 2. The Morgan fingerprint density at radius 2 is 1.06 bits per heavy atom. The fourth-order valence-electron chi connectivity index (χ4n) is 3.24. The molecule has 32 heavy (non-hydrogen) atoms. The Morgan fingerprint density at radius 1 is 0.656 bits per heavy atom. The van der Waals surface area contributed by atoms with Gasteiger partial charge in [0.2, 0.25) is 0 Å². The van der Waals surface area contributed by atoms with E-state index in [2.05, 4.69) is 4.74 Å². The van der Waals surface area contributed by atoms with Crippen molar-refractivity contribution in [3.63, 3.8) is 0 Å². The first-order valence-corrected chi connectivity index (χ1v) is 12.0. The van der Waals surface area contributed by atoms with E-state index in [9.17, 15) is 24.9 Å². The van der Waals surface area contributed by atoms with Gasteiger partial charge in [0, 0.05) is 6.42 Å². The van der Waals surface area contributed by atoms with E-state index in [1.807, 2.05) is 0 Å². The minimum Gasteiger partial charge on any atom is -0.463 e. The van der Waals surface area contributed by atoms with Crippen LogP contribution in [0, 0.1) is 0 Å². The van der Waals surface area contributed by atoms with Crippen LogP contribution in [0.4, 0.5) is 0 Å². The van der Waals surface area contributed by atoms with Crippen molar-refractivity contribution < 1.29 is 44.6 Å². The monoisotopic (exact) mass is 461 g/mol. The molecule has 0 aliphatic heterocycles. The van der Waals surface area contributed by atoms with E-state index < -0.39 is 24.7 Å². The topological polar surface area (TPSA) is 153 Å². The van der Waals surface area contributed by atoms with Gasteiger partial charge in [0.1, 0.15) is 12.7 Å². The third kappa shape index (κ3) is 20.6. The van der Waals surface area contributed by atoms with Crippen molar-refractivity contribution in [1.29, 1.82) is 0 Å².